The van der Waals surface area contributed by atoms with E-state index in [0.717, 1.165) is 25.8 Å². The molecule has 2 unspecified atom stereocenters. The van der Waals surface area contributed by atoms with E-state index in [4.69, 9.17) is 10.5 Å². The fourth-order valence-corrected chi connectivity index (χ4v) is 2.62. The van der Waals surface area contributed by atoms with Crippen molar-refractivity contribution >= 4 is 6.09 Å². The minimum atomic E-state index is -0.281. The summed E-state index contributed by atoms with van der Waals surface area (Å²) in [6.45, 7) is 3.43. The van der Waals surface area contributed by atoms with E-state index in [-0.39, 0.29) is 12.1 Å². The number of nitrogens with two attached hydrogens (primary N) is 1. The van der Waals surface area contributed by atoms with Gasteiger partial charge in [-0.15, -0.1) is 0 Å². The quantitative estimate of drug-likeness (QED) is 0.911. The van der Waals surface area contributed by atoms with Crippen LogP contribution in [0.25, 0.3) is 0 Å². The third-order valence-corrected chi connectivity index (χ3v) is 3.86. The summed E-state index contributed by atoms with van der Waals surface area (Å²) in [6, 6.07) is 9.28. The largest absolute Gasteiger partial charge is 0.415 e. The Balaban J connectivity index is 1.98. The zero-order valence-corrected chi connectivity index (χ0v) is 11.4. The number of piperidine rings is 1. The Bertz CT molecular complexity index is 408. The molecule has 4 nitrogen and oxygen atoms in total. The van der Waals surface area contributed by atoms with Crippen LogP contribution in [-0.2, 0) is 0 Å². The average molecular weight is 262 g/mol. The fourth-order valence-electron chi connectivity index (χ4n) is 2.62. The molecule has 2 N–H and O–H groups in total. The highest BCUT2D eigenvalue weighted by Gasteiger charge is 2.31. The normalized spacial score (nSPS) is 23.2. The van der Waals surface area contributed by atoms with Gasteiger partial charge in [0.2, 0.25) is 0 Å². The first-order valence-electron chi connectivity index (χ1n) is 6.98. The van der Waals surface area contributed by atoms with Crippen LogP contribution in [0.2, 0.25) is 0 Å². The molecule has 2 atom stereocenters. The van der Waals surface area contributed by atoms with Crippen LogP contribution in [0.15, 0.2) is 30.3 Å². The average Bonchev–Trinajstić information content (AvgIpc) is 2.47. The molecule has 1 amide bonds. The zero-order valence-electron chi connectivity index (χ0n) is 11.4. The molecular weight excluding hydrogens is 240 g/mol. The third kappa shape index (κ3) is 3.47. The zero-order chi connectivity index (χ0) is 13.7. The van der Waals surface area contributed by atoms with Gasteiger partial charge < -0.3 is 15.4 Å². The summed E-state index contributed by atoms with van der Waals surface area (Å²) in [4.78, 5) is 14.0. The topological polar surface area (TPSA) is 55.6 Å². The van der Waals surface area contributed by atoms with Gasteiger partial charge in [-0.2, -0.15) is 0 Å². The molecule has 1 aliphatic rings. The number of benzene rings is 1. The van der Waals surface area contributed by atoms with Crippen molar-refractivity contribution in [3.8, 4) is 5.75 Å². The van der Waals surface area contributed by atoms with Gasteiger partial charge in [-0.1, -0.05) is 31.5 Å². The van der Waals surface area contributed by atoms with Crippen LogP contribution in [0.1, 0.15) is 26.2 Å². The van der Waals surface area contributed by atoms with Crippen molar-refractivity contribution in [3.05, 3.63) is 30.3 Å². The Kier molecular flexibility index (Phi) is 4.80. The molecule has 0 saturated carbocycles. The van der Waals surface area contributed by atoms with Crippen LogP contribution in [0.5, 0.6) is 5.75 Å². The molecule has 1 fully saturated rings. The Hall–Kier alpha value is -1.55. The van der Waals surface area contributed by atoms with E-state index < -0.39 is 0 Å². The molecule has 1 aromatic carbocycles. The maximum atomic E-state index is 12.2. The van der Waals surface area contributed by atoms with Gasteiger partial charge in [0.1, 0.15) is 5.75 Å². The van der Waals surface area contributed by atoms with Crippen molar-refractivity contribution < 1.29 is 9.53 Å². The van der Waals surface area contributed by atoms with Crippen molar-refractivity contribution in [1.29, 1.82) is 0 Å². The first kappa shape index (κ1) is 13.9. The van der Waals surface area contributed by atoms with Crippen molar-refractivity contribution in [1.82, 2.24) is 4.90 Å². The molecule has 1 aromatic rings. The van der Waals surface area contributed by atoms with E-state index in [1.54, 1.807) is 17.0 Å². The summed E-state index contributed by atoms with van der Waals surface area (Å²) in [5, 5.41) is 0. The second-order valence-corrected chi connectivity index (χ2v) is 5.06. The van der Waals surface area contributed by atoms with Crippen molar-refractivity contribution in [2.45, 2.75) is 32.2 Å². The van der Waals surface area contributed by atoms with E-state index in [1.165, 1.54) is 0 Å². The summed E-state index contributed by atoms with van der Waals surface area (Å²) >= 11 is 0. The number of nitrogens with zero attached hydrogens (tertiary/aromatic N) is 1. The number of para-hydroxylation sites is 1. The number of amides is 1. The van der Waals surface area contributed by atoms with Crippen molar-refractivity contribution in [2.75, 3.05) is 13.1 Å². The second-order valence-electron chi connectivity index (χ2n) is 5.06. The Morgan fingerprint density at radius 3 is 2.79 bits per heavy atom. The number of likely N-dealkylation sites (tertiary alicyclic amines) is 1. The minimum Gasteiger partial charge on any atom is -0.410 e. The molecule has 104 valence electrons. The highest BCUT2D eigenvalue weighted by Crippen LogP contribution is 2.25. The van der Waals surface area contributed by atoms with E-state index in [1.807, 2.05) is 18.2 Å². The van der Waals surface area contributed by atoms with E-state index >= 15 is 0 Å². The number of hydrogen-bond acceptors (Lipinski definition) is 3. The van der Waals surface area contributed by atoms with Gasteiger partial charge in [0.25, 0.3) is 0 Å². The summed E-state index contributed by atoms with van der Waals surface area (Å²) in [5.41, 5.74) is 5.79. The van der Waals surface area contributed by atoms with Crippen LogP contribution in [0.4, 0.5) is 4.79 Å². The Morgan fingerprint density at radius 1 is 1.42 bits per heavy atom. The van der Waals surface area contributed by atoms with Gasteiger partial charge in [0.15, 0.2) is 0 Å². The van der Waals surface area contributed by atoms with E-state index in [0.29, 0.717) is 18.2 Å². The fraction of sp³-hybridized carbons (Fsp3) is 0.533. The lowest BCUT2D eigenvalue weighted by molar-refractivity contribution is 0.0970. The lowest BCUT2D eigenvalue weighted by atomic mass is 9.89. The predicted octanol–water partition coefficient (Wildman–Crippen LogP) is 2.63. The highest BCUT2D eigenvalue weighted by atomic mass is 16.6. The highest BCUT2D eigenvalue weighted by molar-refractivity contribution is 5.71. The molecule has 0 bridgehead atoms. The number of carbonyl (C=O) groups excluding carboxylic acids is 1. The van der Waals surface area contributed by atoms with Crippen LogP contribution in [0.3, 0.4) is 0 Å². The number of carbonyl (C=O) groups is 1. The summed E-state index contributed by atoms with van der Waals surface area (Å²) in [7, 11) is 0. The molecule has 0 radical (unpaired) electrons. The number of hydrogen-bond donors (Lipinski definition) is 1. The predicted molar refractivity (Wildman–Crippen MR) is 75.0 cm³/mol. The summed E-state index contributed by atoms with van der Waals surface area (Å²) in [6.07, 6.45) is 2.89. The third-order valence-electron chi connectivity index (χ3n) is 3.86. The second kappa shape index (κ2) is 6.57. The molecule has 1 saturated heterocycles. The summed E-state index contributed by atoms with van der Waals surface area (Å²) < 4.78 is 5.39. The molecule has 0 aliphatic carbocycles. The molecule has 1 aliphatic heterocycles. The van der Waals surface area contributed by atoms with Crippen LogP contribution in [-0.4, -0.2) is 30.1 Å². The number of ether oxygens (including phenoxy) is 1. The summed E-state index contributed by atoms with van der Waals surface area (Å²) in [5.74, 6) is 1.26. The minimum absolute atomic E-state index is 0.106. The first-order valence-corrected chi connectivity index (χ1v) is 6.98. The molecular formula is C15H22N2O2. The van der Waals surface area contributed by atoms with E-state index in [9.17, 15) is 4.79 Å². The smallest absolute Gasteiger partial charge is 0.410 e. The van der Waals surface area contributed by atoms with Crippen LogP contribution >= 0.6 is 0 Å². The maximum absolute atomic E-state index is 12.2. The molecule has 0 aromatic heterocycles. The first-order chi connectivity index (χ1) is 9.24. The van der Waals surface area contributed by atoms with Gasteiger partial charge in [-0.05, 0) is 30.9 Å². The maximum Gasteiger partial charge on any atom is 0.415 e. The van der Waals surface area contributed by atoms with Gasteiger partial charge in [0, 0.05) is 19.1 Å². The Morgan fingerprint density at radius 2 is 2.16 bits per heavy atom. The van der Waals surface area contributed by atoms with Gasteiger partial charge in [-0.3, -0.25) is 0 Å². The van der Waals surface area contributed by atoms with Gasteiger partial charge in [0.05, 0.1) is 0 Å². The van der Waals surface area contributed by atoms with Gasteiger partial charge in [-0.25, -0.2) is 4.79 Å². The molecule has 1 heterocycles. The Labute approximate surface area is 114 Å². The molecule has 2 rings (SSSR count). The number of rotatable bonds is 3. The monoisotopic (exact) mass is 262 g/mol. The standard InChI is InChI=1S/C15H22N2O2/c1-2-12-8-9-17(13(10-12)11-16)15(18)19-14-6-4-3-5-7-14/h3-7,12-13H,2,8-11,16H2,1H3. The lowest BCUT2D eigenvalue weighted by Gasteiger charge is -2.37. The van der Waals surface area contributed by atoms with Gasteiger partial charge >= 0.3 is 6.09 Å². The van der Waals surface area contributed by atoms with Crippen LogP contribution < -0.4 is 10.5 Å². The molecule has 4 heteroatoms. The molecule has 19 heavy (non-hydrogen) atoms. The lowest BCUT2D eigenvalue weighted by Crippen LogP contribution is -2.50. The van der Waals surface area contributed by atoms with Crippen LogP contribution in [0, 0.1) is 5.92 Å². The van der Waals surface area contributed by atoms with Crippen molar-refractivity contribution in [3.63, 3.8) is 0 Å². The SMILES string of the molecule is CCC1CCN(C(=O)Oc2ccccc2)C(CN)C1. The molecule has 0 spiro atoms. The van der Waals surface area contributed by atoms with E-state index in [2.05, 4.69) is 6.92 Å². The van der Waals surface area contributed by atoms with Crippen molar-refractivity contribution in [2.24, 2.45) is 11.7 Å².